The molecule has 5 aromatic carbocycles. The number of methoxy groups -OCH3 is 1. The van der Waals surface area contributed by atoms with Crippen LogP contribution < -0.4 is 14.2 Å². The highest BCUT2D eigenvalue weighted by atomic mass is 16.5. The van der Waals surface area contributed by atoms with Crippen molar-refractivity contribution in [3.05, 3.63) is 77.4 Å². The maximum atomic E-state index is 6.59. The lowest BCUT2D eigenvalue weighted by Gasteiger charge is -2.19. The number of fused-ring (bicyclic) bond motifs is 6. The van der Waals surface area contributed by atoms with Crippen molar-refractivity contribution < 1.29 is 14.2 Å². The van der Waals surface area contributed by atoms with Crippen LogP contribution >= 0.6 is 0 Å². The SMILES string of the molecule is CCCCCCOc1cc2c(cc1C)c1cc(C)c(C)cc1c1cc(OCCCCCC)c(-c3ccc(OC)cc3)cc21. The zero-order chi connectivity index (χ0) is 30.3. The summed E-state index contributed by atoms with van der Waals surface area (Å²) in [7, 11) is 1.71. The standard InChI is InChI=1S/C40H48O3/c1-7-9-11-13-19-42-39-25-37-35(23-29(39)5)33-21-27(3)28(4)22-34(33)38-26-40(43-20-14-12-10-8-2)32(24-36(37)38)30-15-17-31(41-6)18-16-30/h15-18,21-26H,7-14,19-20H2,1-6H3. The Hall–Kier alpha value is -3.72. The van der Waals surface area contributed by atoms with Crippen LogP contribution in [0.5, 0.6) is 17.2 Å². The summed E-state index contributed by atoms with van der Waals surface area (Å²) in [5, 5.41) is 7.51. The third kappa shape index (κ3) is 6.77. The molecule has 0 unspecified atom stereocenters. The van der Waals surface area contributed by atoms with E-state index in [0.717, 1.165) is 47.8 Å². The van der Waals surface area contributed by atoms with Gasteiger partial charge in [-0.1, -0.05) is 76.6 Å². The van der Waals surface area contributed by atoms with Crippen molar-refractivity contribution in [1.29, 1.82) is 0 Å². The second kappa shape index (κ2) is 14.2. The maximum absolute atomic E-state index is 6.59. The summed E-state index contributed by atoms with van der Waals surface area (Å²) >= 11 is 0. The van der Waals surface area contributed by atoms with Gasteiger partial charge in [-0.3, -0.25) is 0 Å². The molecule has 0 aromatic heterocycles. The minimum atomic E-state index is 0.716. The first-order chi connectivity index (χ1) is 20.9. The normalized spacial score (nSPS) is 11.5. The molecule has 0 spiro atoms. The number of hydrogen-bond donors (Lipinski definition) is 0. The van der Waals surface area contributed by atoms with Gasteiger partial charge in [0.25, 0.3) is 0 Å². The van der Waals surface area contributed by atoms with Crippen LogP contribution in [0.1, 0.15) is 81.9 Å². The molecule has 0 N–H and O–H groups in total. The van der Waals surface area contributed by atoms with Gasteiger partial charge in [0.1, 0.15) is 17.2 Å². The third-order valence-electron chi connectivity index (χ3n) is 8.85. The molecule has 0 radical (unpaired) electrons. The van der Waals surface area contributed by atoms with Gasteiger partial charge in [-0.05, 0) is 125 Å². The van der Waals surface area contributed by atoms with E-state index in [-0.39, 0.29) is 0 Å². The predicted molar refractivity (Wildman–Crippen MR) is 184 cm³/mol. The molecule has 226 valence electrons. The molecule has 0 fully saturated rings. The van der Waals surface area contributed by atoms with E-state index >= 15 is 0 Å². The Balaban J connectivity index is 1.72. The Kier molecular flexibility index (Phi) is 10.1. The van der Waals surface area contributed by atoms with Crippen molar-refractivity contribution >= 4 is 32.3 Å². The molecule has 0 amide bonds. The molecule has 3 nitrogen and oxygen atoms in total. The van der Waals surface area contributed by atoms with Gasteiger partial charge in [0.2, 0.25) is 0 Å². The Bertz CT molecular complexity index is 1680. The smallest absolute Gasteiger partial charge is 0.127 e. The molecule has 0 aliphatic heterocycles. The molecule has 0 aliphatic carbocycles. The average molecular weight is 577 g/mol. The summed E-state index contributed by atoms with van der Waals surface area (Å²) in [5.41, 5.74) is 6.03. The van der Waals surface area contributed by atoms with E-state index in [9.17, 15) is 0 Å². The Morgan fingerprint density at radius 3 is 1.49 bits per heavy atom. The lowest BCUT2D eigenvalue weighted by Crippen LogP contribution is -2.01. The fourth-order valence-corrected chi connectivity index (χ4v) is 6.11. The Morgan fingerprint density at radius 1 is 0.488 bits per heavy atom. The molecule has 0 saturated carbocycles. The summed E-state index contributed by atoms with van der Waals surface area (Å²) in [5.74, 6) is 2.77. The van der Waals surface area contributed by atoms with Crippen molar-refractivity contribution in [3.63, 3.8) is 0 Å². The number of hydrogen-bond acceptors (Lipinski definition) is 3. The highest BCUT2D eigenvalue weighted by molar-refractivity contribution is 6.26. The molecule has 0 atom stereocenters. The monoisotopic (exact) mass is 576 g/mol. The highest BCUT2D eigenvalue weighted by Gasteiger charge is 2.17. The van der Waals surface area contributed by atoms with Gasteiger partial charge in [-0.2, -0.15) is 0 Å². The molecule has 5 rings (SSSR count). The van der Waals surface area contributed by atoms with Crippen molar-refractivity contribution in [2.24, 2.45) is 0 Å². The largest absolute Gasteiger partial charge is 0.497 e. The molecule has 0 heterocycles. The van der Waals surface area contributed by atoms with E-state index in [0.29, 0.717) is 6.61 Å². The molecule has 0 bridgehead atoms. The van der Waals surface area contributed by atoms with Crippen molar-refractivity contribution in [2.75, 3.05) is 20.3 Å². The van der Waals surface area contributed by atoms with Crippen molar-refractivity contribution in [3.8, 4) is 28.4 Å². The van der Waals surface area contributed by atoms with Gasteiger partial charge >= 0.3 is 0 Å². The molecular formula is C40H48O3. The summed E-state index contributed by atoms with van der Waals surface area (Å²) < 4.78 is 18.5. The van der Waals surface area contributed by atoms with Gasteiger partial charge in [-0.15, -0.1) is 0 Å². The molecule has 0 saturated heterocycles. The number of ether oxygens (including phenoxy) is 3. The number of rotatable bonds is 14. The minimum absolute atomic E-state index is 0.716. The molecule has 0 aliphatic rings. The summed E-state index contributed by atoms with van der Waals surface area (Å²) in [6.07, 6.45) is 9.49. The summed E-state index contributed by atoms with van der Waals surface area (Å²) in [6, 6.07) is 22.3. The fourth-order valence-electron chi connectivity index (χ4n) is 6.11. The average Bonchev–Trinajstić information content (AvgIpc) is 3.02. The molecule has 3 heteroatoms. The van der Waals surface area contributed by atoms with E-state index in [1.54, 1.807) is 7.11 Å². The second-order valence-electron chi connectivity index (χ2n) is 12.1. The van der Waals surface area contributed by atoms with E-state index < -0.39 is 0 Å². The first-order valence-corrected chi connectivity index (χ1v) is 16.3. The van der Waals surface area contributed by atoms with Crippen LogP contribution in [-0.2, 0) is 0 Å². The first-order valence-electron chi connectivity index (χ1n) is 16.3. The Labute approximate surface area is 258 Å². The van der Waals surface area contributed by atoms with E-state index in [1.165, 1.54) is 87.5 Å². The quantitative estimate of drug-likeness (QED) is 0.0972. The second-order valence-corrected chi connectivity index (χ2v) is 12.1. The van der Waals surface area contributed by atoms with Crippen LogP contribution in [0, 0.1) is 20.8 Å². The van der Waals surface area contributed by atoms with E-state index in [1.807, 2.05) is 12.1 Å². The lowest BCUT2D eigenvalue weighted by molar-refractivity contribution is 0.303. The number of benzene rings is 5. The third-order valence-corrected chi connectivity index (χ3v) is 8.85. The van der Waals surface area contributed by atoms with Crippen LogP contribution in [0.25, 0.3) is 43.4 Å². The van der Waals surface area contributed by atoms with Crippen LogP contribution in [-0.4, -0.2) is 20.3 Å². The number of aryl methyl sites for hydroxylation is 3. The van der Waals surface area contributed by atoms with E-state index in [4.69, 9.17) is 14.2 Å². The highest BCUT2D eigenvalue weighted by Crippen LogP contribution is 2.44. The molecular weight excluding hydrogens is 528 g/mol. The minimum Gasteiger partial charge on any atom is -0.497 e. The van der Waals surface area contributed by atoms with Crippen LogP contribution in [0.4, 0.5) is 0 Å². The van der Waals surface area contributed by atoms with Crippen molar-refractivity contribution in [2.45, 2.75) is 86.0 Å². The zero-order valence-electron chi connectivity index (χ0n) is 27.1. The first kappa shape index (κ1) is 30.7. The van der Waals surface area contributed by atoms with Gasteiger partial charge in [0.15, 0.2) is 0 Å². The van der Waals surface area contributed by atoms with Gasteiger partial charge in [0.05, 0.1) is 20.3 Å². The maximum Gasteiger partial charge on any atom is 0.127 e. The topological polar surface area (TPSA) is 27.7 Å². The fraction of sp³-hybridized carbons (Fsp3) is 0.400. The Morgan fingerprint density at radius 2 is 0.953 bits per heavy atom. The van der Waals surface area contributed by atoms with E-state index in [2.05, 4.69) is 83.1 Å². The van der Waals surface area contributed by atoms with Crippen LogP contribution in [0.15, 0.2) is 60.7 Å². The molecule has 5 aromatic rings. The molecule has 43 heavy (non-hydrogen) atoms. The summed E-state index contributed by atoms with van der Waals surface area (Å²) in [4.78, 5) is 0. The number of unbranched alkanes of at least 4 members (excludes halogenated alkanes) is 6. The predicted octanol–water partition coefficient (Wildman–Crippen LogP) is 11.7. The van der Waals surface area contributed by atoms with Crippen molar-refractivity contribution in [1.82, 2.24) is 0 Å². The van der Waals surface area contributed by atoms with Gasteiger partial charge in [-0.25, -0.2) is 0 Å². The van der Waals surface area contributed by atoms with Gasteiger partial charge in [0, 0.05) is 5.56 Å². The van der Waals surface area contributed by atoms with Crippen LogP contribution in [0.3, 0.4) is 0 Å². The van der Waals surface area contributed by atoms with Gasteiger partial charge < -0.3 is 14.2 Å². The lowest BCUT2D eigenvalue weighted by atomic mass is 9.89. The van der Waals surface area contributed by atoms with Crippen LogP contribution in [0.2, 0.25) is 0 Å². The summed E-state index contributed by atoms with van der Waals surface area (Å²) in [6.45, 7) is 12.6. The zero-order valence-corrected chi connectivity index (χ0v) is 27.1.